The highest BCUT2D eigenvalue weighted by atomic mass is 16.4. The van der Waals surface area contributed by atoms with E-state index in [9.17, 15) is 14.4 Å². The molecule has 7 heteroatoms. The van der Waals surface area contributed by atoms with Gasteiger partial charge in [0, 0.05) is 12.0 Å². The third kappa shape index (κ3) is 4.33. The van der Waals surface area contributed by atoms with Crippen LogP contribution in [0.15, 0.2) is 0 Å². The van der Waals surface area contributed by atoms with E-state index < -0.39 is 35.8 Å². The molecule has 0 bridgehead atoms. The van der Waals surface area contributed by atoms with Crippen molar-refractivity contribution in [2.75, 3.05) is 0 Å². The summed E-state index contributed by atoms with van der Waals surface area (Å²) in [5, 5.41) is 11.1. The molecule has 0 heterocycles. The zero-order valence-electron chi connectivity index (χ0n) is 10.1. The Bertz CT molecular complexity index is 350. The fourth-order valence-corrected chi connectivity index (χ4v) is 2.22. The topological polar surface area (TPSA) is 136 Å². The number of carboxylic acid groups (broad SMARTS) is 1. The average Bonchev–Trinajstić information content (AvgIpc) is 2.62. The Morgan fingerprint density at radius 2 is 1.83 bits per heavy atom. The maximum Gasteiger partial charge on any atom is 0.326 e. The van der Waals surface area contributed by atoms with Crippen molar-refractivity contribution < 1.29 is 19.5 Å². The molecular formula is C11H19N3O4. The molecule has 2 amide bonds. The molecule has 1 rings (SSSR count). The number of carbonyl (C=O) groups excluding carboxylic acids is 2. The fraction of sp³-hybridized carbons (Fsp3) is 0.727. The number of nitrogens with two attached hydrogens (primary N) is 2. The van der Waals surface area contributed by atoms with Crippen molar-refractivity contribution in [1.29, 1.82) is 0 Å². The van der Waals surface area contributed by atoms with Crippen LogP contribution < -0.4 is 16.8 Å². The highest BCUT2D eigenvalue weighted by molar-refractivity contribution is 5.88. The van der Waals surface area contributed by atoms with Gasteiger partial charge in [-0.2, -0.15) is 0 Å². The number of carboxylic acids is 1. The lowest BCUT2D eigenvalue weighted by atomic mass is 9.94. The van der Waals surface area contributed by atoms with Crippen molar-refractivity contribution >= 4 is 17.8 Å². The molecule has 0 aromatic carbocycles. The summed E-state index contributed by atoms with van der Waals surface area (Å²) in [5.74, 6) is -2.50. The van der Waals surface area contributed by atoms with Crippen LogP contribution in [0.25, 0.3) is 0 Å². The van der Waals surface area contributed by atoms with Crippen LogP contribution in [0.4, 0.5) is 0 Å². The summed E-state index contributed by atoms with van der Waals surface area (Å²) in [5.41, 5.74) is 10.4. The predicted octanol–water partition coefficient (Wildman–Crippen LogP) is -0.907. The summed E-state index contributed by atoms with van der Waals surface area (Å²) in [6.45, 7) is 0. The monoisotopic (exact) mass is 257 g/mol. The van der Waals surface area contributed by atoms with Crippen molar-refractivity contribution in [3.63, 3.8) is 0 Å². The molecule has 0 radical (unpaired) electrons. The van der Waals surface area contributed by atoms with Crippen LogP contribution >= 0.6 is 0 Å². The predicted molar refractivity (Wildman–Crippen MR) is 63.4 cm³/mol. The summed E-state index contributed by atoms with van der Waals surface area (Å²) in [6.07, 6.45) is 3.14. The normalized spacial score (nSPS) is 19.2. The van der Waals surface area contributed by atoms with Crippen molar-refractivity contribution in [2.45, 2.75) is 50.1 Å². The second kappa shape index (κ2) is 5.81. The lowest BCUT2D eigenvalue weighted by Gasteiger charge is -2.23. The second-order valence-electron chi connectivity index (χ2n) is 4.88. The maximum absolute atomic E-state index is 11.7. The van der Waals surface area contributed by atoms with Gasteiger partial charge < -0.3 is 21.9 Å². The van der Waals surface area contributed by atoms with E-state index in [2.05, 4.69) is 5.32 Å². The van der Waals surface area contributed by atoms with Gasteiger partial charge in [0.2, 0.25) is 11.8 Å². The molecule has 1 fully saturated rings. The van der Waals surface area contributed by atoms with Gasteiger partial charge in [-0.1, -0.05) is 12.8 Å². The van der Waals surface area contributed by atoms with Gasteiger partial charge in [-0.15, -0.1) is 0 Å². The molecule has 7 nitrogen and oxygen atoms in total. The largest absolute Gasteiger partial charge is 0.480 e. The third-order valence-corrected chi connectivity index (χ3v) is 3.15. The SMILES string of the molecule is NC(=O)C[C@H](NC(=O)CC1(N)CCCC1)C(=O)O. The van der Waals surface area contributed by atoms with Crippen molar-refractivity contribution in [3.05, 3.63) is 0 Å². The Morgan fingerprint density at radius 1 is 1.28 bits per heavy atom. The van der Waals surface area contributed by atoms with E-state index in [0.29, 0.717) is 0 Å². The first-order chi connectivity index (χ1) is 8.32. The van der Waals surface area contributed by atoms with E-state index in [0.717, 1.165) is 25.7 Å². The van der Waals surface area contributed by atoms with Crippen molar-refractivity contribution in [2.24, 2.45) is 11.5 Å². The molecule has 0 unspecified atom stereocenters. The Kier molecular flexibility index (Phi) is 4.66. The van der Waals surface area contributed by atoms with Gasteiger partial charge in [-0.05, 0) is 12.8 Å². The van der Waals surface area contributed by atoms with E-state index in [-0.39, 0.29) is 6.42 Å². The molecule has 102 valence electrons. The van der Waals surface area contributed by atoms with E-state index in [1.54, 1.807) is 0 Å². The van der Waals surface area contributed by atoms with Crippen LogP contribution in [0, 0.1) is 0 Å². The lowest BCUT2D eigenvalue weighted by molar-refractivity contribution is -0.143. The molecule has 6 N–H and O–H groups in total. The molecule has 0 aromatic heterocycles. The minimum Gasteiger partial charge on any atom is -0.480 e. The first-order valence-electron chi connectivity index (χ1n) is 5.92. The first kappa shape index (κ1) is 14.4. The van der Waals surface area contributed by atoms with Gasteiger partial charge >= 0.3 is 5.97 Å². The number of nitrogens with one attached hydrogen (secondary N) is 1. The Labute approximate surface area is 105 Å². The zero-order chi connectivity index (χ0) is 13.8. The molecule has 0 saturated heterocycles. The maximum atomic E-state index is 11.7. The highest BCUT2D eigenvalue weighted by Crippen LogP contribution is 2.29. The number of aliphatic carboxylic acids is 1. The Balaban J connectivity index is 2.50. The Hall–Kier alpha value is -1.63. The number of hydrogen-bond donors (Lipinski definition) is 4. The standard InChI is InChI=1S/C11H19N3O4/c12-8(15)5-7(10(17)18)14-9(16)6-11(13)3-1-2-4-11/h7H,1-6,13H2,(H2,12,15)(H,14,16)(H,17,18)/t7-/m0/s1. The molecule has 1 saturated carbocycles. The second-order valence-corrected chi connectivity index (χ2v) is 4.88. The average molecular weight is 257 g/mol. The summed E-state index contributed by atoms with van der Waals surface area (Å²) >= 11 is 0. The van der Waals surface area contributed by atoms with Crippen molar-refractivity contribution in [3.8, 4) is 0 Å². The van der Waals surface area contributed by atoms with Crippen LogP contribution in [0.2, 0.25) is 0 Å². The van der Waals surface area contributed by atoms with E-state index >= 15 is 0 Å². The summed E-state index contributed by atoms with van der Waals surface area (Å²) < 4.78 is 0. The minimum atomic E-state index is -1.28. The van der Waals surface area contributed by atoms with Gasteiger partial charge in [0.1, 0.15) is 6.04 Å². The molecular weight excluding hydrogens is 238 g/mol. The van der Waals surface area contributed by atoms with Gasteiger partial charge in [0.15, 0.2) is 0 Å². The molecule has 0 aliphatic heterocycles. The van der Waals surface area contributed by atoms with Crippen LogP contribution in [0.3, 0.4) is 0 Å². The van der Waals surface area contributed by atoms with Gasteiger partial charge in [0.05, 0.1) is 6.42 Å². The van der Waals surface area contributed by atoms with Crippen LogP contribution in [0.5, 0.6) is 0 Å². The quantitative estimate of drug-likeness (QED) is 0.488. The number of rotatable bonds is 6. The smallest absolute Gasteiger partial charge is 0.326 e. The van der Waals surface area contributed by atoms with Crippen molar-refractivity contribution in [1.82, 2.24) is 5.32 Å². The summed E-state index contributed by atoms with van der Waals surface area (Å²) in [4.78, 5) is 33.2. The van der Waals surface area contributed by atoms with Gasteiger partial charge in [0.25, 0.3) is 0 Å². The molecule has 0 aromatic rings. The number of hydrogen-bond acceptors (Lipinski definition) is 4. The number of primary amides is 1. The summed E-state index contributed by atoms with van der Waals surface area (Å²) in [7, 11) is 0. The highest BCUT2D eigenvalue weighted by Gasteiger charge is 2.33. The van der Waals surface area contributed by atoms with E-state index in [4.69, 9.17) is 16.6 Å². The van der Waals surface area contributed by atoms with Crippen LogP contribution in [-0.2, 0) is 14.4 Å². The summed E-state index contributed by atoms with van der Waals surface area (Å²) in [6, 6.07) is -1.28. The number of amides is 2. The Morgan fingerprint density at radius 3 is 2.28 bits per heavy atom. The minimum absolute atomic E-state index is 0.0789. The van der Waals surface area contributed by atoms with Gasteiger partial charge in [-0.3, -0.25) is 9.59 Å². The third-order valence-electron chi connectivity index (χ3n) is 3.15. The van der Waals surface area contributed by atoms with E-state index in [1.807, 2.05) is 0 Å². The number of carbonyl (C=O) groups is 3. The first-order valence-corrected chi connectivity index (χ1v) is 5.92. The molecule has 1 aliphatic rings. The lowest BCUT2D eigenvalue weighted by Crippen LogP contribution is -2.48. The van der Waals surface area contributed by atoms with Crippen LogP contribution in [-0.4, -0.2) is 34.5 Å². The molecule has 18 heavy (non-hydrogen) atoms. The van der Waals surface area contributed by atoms with Gasteiger partial charge in [-0.25, -0.2) is 4.79 Å². The fourth-order valence-electron chi connectivity index (χ4n) is 2.22. The molecule has 0 spiro atoms. The molecule has 1 aliphatic carbocycles. The molecule has 1 atom stereocenters. The van der Waals surface area contributed by atoms with E-state index in [1.165, 1.54) is 0 Å². The van der Waals surface area contributed by atoms with Crippen LogP contribution in [0.1, 0.15) is 38.5 Å². The zero-order valence-corrected chi connectivity index (χ0v) is 10.1.